The van der Waals surface area contributed by atoms with Crippen LogP contribution in [0.3, 0.4) is 0 Å². The summed E-state index contributed by atoms with van der Waals surface area (Å²) in [4.78, 5) is 52.9. The van der Waals surface area contributed by atoms with Gasteiger partial charge in [0.2, 0.25) is 11.8 Å². The second-order valence-electron chi connectivity index (χ2n) is 14.2. The van der Waals surface area contributed by atoms with Crippen molar-refractivity contribution in [2.75, 3.05) is 30.8 Å². The number of amides is 3. The molecule has 8 rings (SSSR count). The summed E-state index contributed by atoms with van der Waals surface area (Å²) in [5.74, 6) is -0.800. The Morgan fingerprint density at radius 3 is 2.46 bits per heavy atom. The average Bonchev–Trinajstić information content (AvgIpc) is 3.61. The van der Waals surface area contributed by atoms with Crippen LogP contribution in [0.15, 0.2) is 85.3 Å². The number of carbonyl (C=O) groups excluding carboxylic acids is 3. The molecule has 284 valence electrons. The van der Waals surface area contributed by atoms with E-state index >= 15 is 0 Å². The van der Waals surface area contributed by atoms with Crippen LogP contribution >= 0.6 is 0 Å². The Labute approximate surface area is 322 Å². The molecule has 56 heavy (non-hydrogen) atoms. The lowest BCUT2D eigenvalue weighted by atomic mass is 9.87. The maximum absolute atomic E-state index is 13.8. The van der Waals surface area contributed by atoms with Crippen molar-refractivity contribution in [3.63, 3.8) is 0 Å². The monoisotopic (exact) mass is 753 g/mol. The fourth-order valence-electron chi connectivity index (χ4n) is 7.71. The van der Waals surface area contributed by atoms with Gasteiger partial charge in [0.25, 0.3) is 5.91 Å². The number of nitrogens with two attached hydrogens (primary N) is 1. The molecular weight excluding hydrogens is 714 g/mol. The van der Waals surface area contributed by atoms with Crippen LogP contribution < -0.4 is 26.0 Å². The van der Waals surface area contributed by atoms with E-state index in [1.54, 1.807) is 4.68 Å². The van der Waals surface area contributed by atoms with Gasteiger partial charge >= 0.3 is 0 Å². The van der Waals surface area contributed by atoms with Crippen molar-refractivity contribution in [3.05, 3.63) is 119 Å². The number of benzene rings is 3. The van der Waals surface area contributed by atoms with Gasteiger partial charge in [-0.25, -0.2) is 19.0 Å². The summed E-state index contributed by atoms with van der Waals surface area (Å²) >= 11 is 0. The molecule has 2 aliphatic heterocycles. The minimum absolute atomic E-state index is 0.118. The molecule has 1 atom stereocenters. The second-order valence-corrected chi connectivity index (χ2v) is 14.2. The van der Waals surface area contributed by atoms with E-state index < -0.39 is 11.7 Å². The Morgan fingerprint density at radius 2 is 1.75 bits per heavy atom. The molecule has 0 saturated carbocycles. The fourth-order valence-corrected chi connectivity index (χ4v) is 7.71. The minimum atomic E-state index is -0.525. The number of nitrogen functional groups attached to an aromatic ring is 1. The lowest BCUT2D eigenvalue weighted by Gasteiger charge is -2.34. The van der Waals surface area contributed by atoms with Gasteiger partial charge in [-0.2, -0.15) is 5.10 Å². The predicted octanol–water partition coefficient (Wildman–Crippen LogP) is 5.75. The number of aryl methyl sites for hydroxylation is 1. The lowest BCUT2D eigenvalue weighted by molar-refractivity contribution is -0.134. The number of fused-ring (bicyclic) bond motifs is 1. The molecule has 2 saturated heterocycles. The highest BCUT2D eigenvalue weighted by molar-refractivity contribution is 6.01. The van der Waals surface area contributed by atoms with Gasteiger partial charge in [0.15, 0.2) is 5.65 Å². The number of piperidine rings is 2. The minimum Gasteiger partial charge on any atom is -0.496 e. The molecular formula is C42H40FN9O4. The van der Waals surface area contributed by atoms with Crippen molar-refractivity contribution < 1.29 is 23.5 Å². The summed E-state index contributed by atoms with van der Waals surface area (Å²) in [6.45, 7) is 4.00. The maximum Gasteiger partial charge on any atom is 0.255 e. The van der Waals surface area contributed by atoms with Gasteiger partial charge in [0, 0.05) is 48.9 Å². The number of aromatic nitrogens is 5. The molecule has 0 aliphatic carbocycles. The molecule has 6 aromatic rings. The molecule has 0 bridgehead atoms. The van der Waals surface area contributed by atoms with Crippen molar-refractivity contribution in [2.24, 2.45) is 0 Å². The number of carbonyl (C=O) groups is 3. The number of hydrogen-bond acceptors (Lipinski definition) is 10. The van der Waals surface area contributed by atoms with Crippen LogP contribution in [0, 0.1) is 12.7 Å². The van der Waals surface area contributed by atoms with Crippen LogP contribution in [0.4, 0.5) is 15.9 Å². The standard InChI is InChI=1S/C42H40FN9O4/c1-24-19-29(8-10-31(24)32-11-14-36(53)49-42(32)55)51-17-15-26(16-18-51)34-12-9-30(22-45-34)52-40-37(39(44)47-23-48-40)38(50-52)27-5-3-25(4-6-27)21-46-41(54)33-20-28(43)7-13-35(33)56-2/h3-10,12-13,19-20,22-23,26,32H,11,14-18,21H2,1-2H3,(H,46,54)(H2,44,47,48)(H,49,53,55). The zero-order chi connectivity index (χ0) is 38.9. The SMILES string of the molecule is COc1ccc(F)cc1C(=O)NCc1ccc(-c2nn(-c3ccc(C4CCN(c5ccc(C6CCC(=O)NC6=O)c(C)c5)CC4)nc3)c3ncnc(N)c23)cc1. The third-order valence-corrected chi connectivity index (χ3v) is 10.7. The third kappa shape index (κ3) is 7.12. The van der Waals surface area contributed by atoms with Gasteiger partial charge in [-0.1, -0.05) is 30.3 Å². The van der Waals surface area contributed by atoms with Crippen LogP contribution in [0.1, 0.15) is 70.3 Å². The van der Waals surface area contributed by atoms with Crippen LogP contribution in [-0.2, 0) is 16.1 Å². The summed E-state index contributed by atoms with van der Waals surface area (Å²) in [6.07, 6.45) is 6.01. The van der Waals surface area contributed by atoms with Gasteiger partial charge in [-0.3, -0.25) is 24.7 Å². The summed E-state index contributed by atoms with van der Waals surface area (Å²) in [7, 11) is 1.43. The lowest BCUT2D eigenvalue weighted by Crippen LogP contribution is -2.39. The number of nitrogens with one attached hydrogen (secondary N) is 2. The molecule has 2 fully saturated rings. The van der Waals surface area contributed by atoms with Crippen molar-refractivity contribution in [1.29, 1.82) is 0 Å². The molecule has 0 radical (unpaired) electrons. The average molecular weight is 754 g/mol. The van der Waals surface area contributed by atoms with E-state index in [-0.39, 0.29) is 35.6 Å². The third-order valence-electron chi connectivity index (χ3n) is 10.7. The predicted molar refractivity (Wildman–Crippen MR) is 209 cm³/mol. The number of nitrogens with zero attached hydrogens (tertiary/aromatic N) is 6. The van der Waals surface area contributed by atoms with E-state index in [4.69, 9.17) is 20.6 Å². The first-order valence-electron chi connectivity index (χ1n) is 18.5. The highest BCUT2D eigenvalue weighted by Gasteiger charge is 2.30. The number of rotatable bonds is 9. The normalized spacial score (nSPS) is 16.2. The first-order valence-corrected chi connectivity index (χ1v) is 18.5. The van der Waals surface area contributed by atoms with E-state index in [1.807, 2.05) is 49.5 Å². The van der Waals surface area contributed by atoms with Crippen LogP contribution in [-0.4, -0.2) is 62.7 Å². The molecule has 1 unspecified atom stereocenters. The molecule has 2 aliphatic rings. The molecule has 0 spiro atoms. The van der Waals surface area contributed by atoms with Crippen molar-refractivity contribution in [2.45, 2.75) is 51.0 Å². The van der Waals surface area contributed by atoms with E-state index in [2.05, 4.69) is 43.7 Å². The Morgan fingerprint density at radius 1 is 0.964 bits per heavy atom. The number of ether oxygens (including phenoxy) is 1. The molecule has 4 N–H and O–H groups in total. The van der Waals surface area contributed by atoms with Gasteiger partial charge in [0.1, 0.15) is 29.4 Å². The van der Waals surface area contributed by atoms with E-state index in [0.717, 1.165) is 71.3 Å². The van der Waals surface area contributed by atoms with Gasteiger partial charge in [-0.05, 0) is 85.3 Å². The molecule has 3 aromatic carbocycles. The van der Waals surface area contributed by atoms with Crippen LogP contribution in [0.5, 0.6) is 5.75 Å². The van der Waals surface area contributed by atoms with Crippen molar-refractivity contribution >= 4 is 40.3 Å². The Hall–Kier alpha value is -6.70. The smallest absolute Gasteiger partial charge is 0.255 e. The van der Waals surface area contributed by atoms with Crippen molar-refractivity contribution in [3.8, 4) is 22.7 Å². The Kier molecular flexibility index (Phi) is 9.85. The van der Waals surface area contributed by atoms with Crippen LogP contribution in [0.2, 0.25) is 0 Å². The number of methoxy groups -OCH3 is 1. The summed E-state index contributed by atoms with van der Waals surface area (Å²) in [5.41, 5.74) is 14.2. The topological polar surface area (TPSA) is 170 Å². The highest BCUT2D eigenvalue weighted by Crippen LogP contribution is 2.35. The largest absolute Gasteiger partial charge is 0.496 e. The molecule has 3 aromatic heterocycles. The van der Waals surface area contributed by atoms with E-state index in [1.165, 1.54) is 25.6 Å². The number of imide groups is 1. The zero-order valence-electron chi connectivity index (χ0n) is 31.0. The zero-order valence-corrected chi connectivity index (χ0v) is 31.0. The number of anilines is 2. The highest BCUT2D eigenvalue weighted by atomic mass is 19.1. The molecule has 13 nitrogen and oxygen atoms in total. The fraction of sp³-hybridized carbons (Fsp3) is 0.262. The number of halogens is 1. The van der Waals surface area contributed by atoms with Gasteiger partial charge in [-0.15, -0.1) is 0 Å². The quantitative estimate of drug-likeness (QED) is 0.155. The first kappa shape index (κ1) is 36.3. The molecule has 3 amide bonds. The first-order chi connectivity index (χ1) is 27.2. The summed E-state index contributed by atoms with van der Waals surface area (Å²) in [5, 5.41) is 10.8. The second kappa shape index (κ2) is 15.2. The van der Waals surface area contributed by atoms with E-state index in [9.17, 15) is 18.8 Å². The number of hydrogen-bond donors (Lipinski definition) is 3. The Balaban J connectivity index is 0.941. The Bertz CT molecular complexity index is 2460. The van der Waals surface area contributed by atoms with Crippen LogP contribution in [0.25, 0.3) is 28.0 Å². The summed E-state index contributed by atoms with van der Waals surface area (Å²) in [6, 6.07) is 21.7. The maximum atomic E-state index is 13.8. The molecule has 5 heterocycles. The number of pyridine rings is 1. The van der Waals surface area contributed by atoms with Gasteiger partial charge in [0.05, 0.1) is 35.9 Å². The van der Waals surface area contributed by atoms with Crippen molar-refractivity contribution in [1.82, 2.24) is 35.4 Å². The summed E-state index contributed by atoms with van der Waals surface area (Å²) < 4.78 is 20.8. The molecule has 14 heteroatoms. The van der Waals surface area contributed by atoms with Gasteiger partial charge < -0.3 is 20.7 Å². The van der Waals surface area contributed by atoms with E-state index in [0.29, 0.717) is 41.3 Å².